The first kappa shape index (κ1) is 13.2. The van der Waals surface area contributed by atoms with Gasteiger partial charge in [0.15, 0.2) is 0 Å². The van der Waals surface area contributed by atoms with Crippen molar-refractivity contribution in [2.75, 3.05) is 26.2 Å². The van der Waals surface area contributed by atoms with Crippen molar-refractivity contribution >= 4 is 0 Å². The highest BCUT2D eigenvalue weighted by Crippen LogP contribution is 2.01. The Morgan fingerprint density at radius 2 is 2.19 bits per heavy atom. The zero-order valence-electron chi connectivity index (χ0n) is 10.5. The molecule has 4 heteroatoms. The molecule has 1 aromatic rings. The van der Waals surface area contributed by atoms with Gasteiger partial charge in [0.2, 0.25) is 0 Å². The number of nitrogens with two attached hydrogens (primary N) is 1. The Labute approximate surface area is 98.4 Å². The Morgan fingerprint density at radius 1 is 1.38 bits per heavy atom. The maximum atomic E-state index is 5.62. The zero-order valence-corrected chi connectivity index (χ0v) is 10.5. The van der Waals surface area contributed by atoms with Crippen LogP contribution in [0, 0.1) is 0 Å². The Hall–Kier alpha value is -0.870. The third kappa shape index (κ3) is 4.33. The summed E-state index contributed by atoms with van der Waals surface area (Å²) in [5.41, 5.74) is 6.91. The summed E-state index contributed by atoms with van der Waals surface area (Å²) in [5, 5.41) is 4.18. The van der Waals surface area contributed by atoms with E-state index < -0.39 is 0 Å². The van der Waals surface area contributed by atoms with Crippen LogP contribution in [0.2, 0.25) is 0 Å². The molecule has 0 atom stereocenters. The van der Waals surface area contributed by atoms with E-state index in [1.54, 1.807) is 0 Å². The molecule has 1 rings (SSSR count). The van der Waals surface area contributed by atoms with Crippen LogP contribution >= 0.6 is 0 Å². The average molecular weight is 224 g/mol. The van der Waals surface area contributed by atoms with E-state index in [1.165, 1.54) is 18.5 Å². The minimum absolute atomic E-state index is 0.745. The van der Waals surface area contributed by atoms with Crippen LogP contribution in [0.1, 0.15) is 25.5 Å². The predicted octanol–water partition coefficient (Wildman–Crippen LogP) is 1.02. The molecule has 0 aromatic carbocycles. The van der Waals surface area contributed by atoms with E-state index in [0.717, 1.165) is 32.6 Å². The summed E-state index contributed by atoms with van der Waals surface area (Å²) in [6.45, 7) is 6.21. The summed E-state index contributed by atoms with van der Waals surface area (Å²) < 4.78 is 1.94. The van der Waals surface area contributed by atoms with Crippen LogP contribution in [0.4, 0.5) is 0 Å². The van der Waals surface area contributed by atoms with E-state index in [1.807, 2.05) is 17.9 Å². The molecular weight excluding hydrogens is 200 g/mol. The first-order chi connectivity index (χ1) is 7.77. The summed E-state index contributed by atoms with van der Waals surface area (Å²) >= 11 is 0. The van der Waals surface area contributed by atoms with Gasteiger partial charge in [0.1, 0.15) is 0 Å². The van der Waals surface area contributed by atoms with E-state index >= 15 is 0 Å². The van der Waals surface area contributed by atoms with Crippen molar-refractivity contribution in [3.63, 3.8) is 0 Å². The molecule has 0 amide bonds. The van der Waals surface area contributed by atoms with Crippen LogP contribution in [0.15, 0.2) is 12.3 Å². The highest BCUT2D eigenvalue weighted by Gasteiger charge is 2.05. The van der Waals surface area contributed by atoms with Crippen molar-refractivity contribution in [1.29, 1.82) is 0 Å². The molecule has 0 radical (unpaired) electrons. The molecular formula is C12H24N4. The standard InChI is InChI=1S/C12H24N4/c1-3-4-9-16(11-7-13)10-6-12-5-8-14-15(12)2/h5,8H,3-4,6-7,9-11,13H2,1-2H3. The van der Waals surface area contributed by atoms with E-state index in [9.17, 15) is 0 Å². The van der Waals surface area contributed by atoms with Crippen molar-refractivity contribution in [1.82, 2.24) is 14.7 Å². The number of rotatable bonds is 8. The van der Waals surface area contributed by atoms with Crippen LogP contribution < -0.4 is 5.73 Å². The van der Waals surface area contributed by atoms with Gasteiger partial charge in [-0.15, -0.1) is 0 Å². The second kappa shape index (κ2) is 7.41. The molecule has 0 fully saturated rings. The predicted molar refractivity (Wildman–Crippen MR) is 67.3 cm³/mol. The van der Waals surface area contributed by atoms with Crippen molar-refractivity contribution in [2.45, 2.75) is 26.2 Å². The van der Waals surface area contributed by atoms with Gasteiger partial charge in [0.25, 0.3) is 0 Å². The lowest BCUT2D eigenvalue weighted by molar-refractivity contribution is 0.278. The van der Waals surface area contributed by atoms with Crippen LogP contribution in [0.25, 0.3) is 0 Å². The molecule has 0 saturated carbocycles. The fraction of sp³-hybridized carbons (Fsp3) is 0.750. The van der Waals surface area contributed by atoms with Crippen LogP contribution in [0.3, 0.4) is 0 Å². The van der Waals surface area contributed by atoms with Gasteiger partial charge < -0.3 is 10.6 Å². The molecule has 4 nitrogen and oxygen atoms in total. The molecule has 0 saturated heterocycles. The van der Waals surface area contributed by atoms with Gasteiger partial charge in [0, 0.05) is 45.0 Å². The Morgan fingerprint density at radius 3 is 2.75 bits per heavy atom. The van der Waals surface area contributed by atoms with Gasteiger partial charge in [-0.3, -0.25) is 4.68 Å². The fourth-order valence-corrected chi connectivity index (χ4v) is 1.82. The second-order valence-electron chi connectivity index (χ2n) is 4.18. The normalized spacial score (nSPS) is 11.2. The van der Waals surface area contributed by atoms with Gasteiger partial charge in [-0.1, -0.05) is 13.3 Å². The zero-order chi connectivity index (χ0) is 11.8. The number of nitrogens with zero attached hydrogens (tertiary/aromatic N) is 3. The molecule has 0 spiro atoms. The molecule has 16 heavy (non-hydrogen) atoms. The van der Waals surface area contributed by atoms with Gasteiger partial charge in [-0.25, -0.2) is 0 Å². The van der Waals surface area contributed by atoms with Crippen molar-refractivity contribution < 1.29 is 0 Å². The number of hydrogen-bond acceptors (Lipinski definition) is 3. The Balaban J connectivity index is 2.34. The topological polar surface area (TPSA) is 47.1 Å². The minimum atomic E-state index is 0.745. The summed E-state index contributed by atoms with van der Waals surface area (Å²) in [6, 6.07) is 2.08. The second-order valence-corrected chi connectivity index (χ2v) is 4.18. The van der Waals surface area contributed by atoms with Crippen LogP contribution in [-0.2, 0) is 13.5 Å². The van der Waals surface area contributed by atoms with Crippen molar-refractivity contribution in [3.05, 3.63) is 18.0 Å². The third-order valence-corrected chi connectivity index (χ3v) is 2.88. The van der Waals surface area contributed by atoms with E-state index in [4.69, 9.17) is 5.73 Å². The number of unbranched alkanes of at least 4 members (excludes halogenated alkanes) is 1. The van der Waals surface area contributed by atoms with E-state index in [2.05, 4.69) is 23.0 Å². The monoisotopic (exact) mass is 224 g/mol. The quantitative estimate of drug-likeness (QED) is 0.717. The lowest BCUT2D eigenvalue weighted by atomic mass is 10.2. The van der Waals surface area contributed by atoms with Gasteiger partial charge in [0.05, 0.1) is 0 Å². The largest absolute Gasteiger partial charge is 0.329 e. The number of hydrogen-bond donors (Lipinski definition) is 1. The smallest absolute Gasteiger partial charge is 0.0492 e. The summed E-state index contributed by atoms with van der Waals surface area (Å²) in [7, 11) is 1.99. The molecule has 2 N–H and O–H groups in total. The number of aryl methyl sites for hydroxylation is 1. The van der Waals surface area contributed by atoms with Crippen molar-refractivity contribution in [2.24, 2.45) is 12.8 Å². The molecule has 92 valence electrons. The lowest BCUT2D eigenvalue weighted by Gasteiger charge is -2.21. The van der Waals surface area contributed by atoms with E-state index in [-0.39, 0.29) is 0 Å². The third-order valence-electron chi connectivity index (χ3n) is 2.88. The Bertz CT molecular complexity index is 282. The molecule has 0 bridgehead atoms. The molecule has 1 heterocycles. The summed E-state index contributed by atoms with van der Waals surface area (Å²) in [5.74, 6) is 0. The van der Waals surface area contributed by atoms with Gasteiger partial charge >= 0.3 is 0 Å². The minimum Gasteiger partial charge on any atom is -0.329 e. The molecule has 0 aliphatic heterocycles. The molecule has 0 aliphatic carbocycles. The molecule has 0 unspecified atom stereocenters. The first-order valence-electron chi connectivity index (χ1n) is 6.17. The highest BCUT2D eigenvalue weighted by atomic mass is 15.3. The fourth-order valence-electron chi connectivity index (χ4n) is 1.82. The van der Waals surface area contributed by atoms with Crippen LogP contribution in [0.5, 0.6) is 0 Å². The first-order valence-corrected chi connectivity index (χ1v) is 6.17. The lowest BCUT2D eigenvalue weighted by Crippen LogP contribution is -2.32. The van der Waals surface area contributed by atoms with Crippen molar-refractivity contribution in [3.8, 4) is 0 Å². The maximum absolute atomic E-state index is 5.62. The van der Waals surface area contributed by atoms with Crippen LogP contribution in [-0.4, -0.2) is 40.9 Å². The van der Waals surface area contributed by atoms with Gasteiger partial charge in [-0.05, 0) is 19.0 Å². The molecule has 0 aliphatic rings. The average Bonchev–Trinajstić information content (AvgIpc) is 2.68. The number of aromatic nitrogens is 2. The maximum Gasteiger partial charge on any atom is 0.0492 e. The summed E-state index contributed by atoms with van der Waals surface area (Å²) in [6.07, 6.45) is 5.41. The highest BCUT2D eigenvalue weighted by molar-refractivity contribution is 5.00. The SMILES string of the molecule is CCCCN(CCN)CCc1ccnn1C. The Kier molecular flexibility index (Phi) is 6.11. The van der Waals surface area contributed by atoms with E-state index in [0.29, 0.717) is 0 Å². The van der Waals surface area contributed by atoms with Gasteiger partial charge in [-0.2, -0.15) is 5.10 Å². The summed E-state index contributed by atoms with van der Waals surface area (Å²) in [4.78, 5) is 2.44. The molecule has 1 aromatic heterocycles.